The number of hydrogen-bond donors (Lipinski definition) is 11. The maximum Gasteiger partial charge on any atom is 0.188 e. The lowest BCUT2D eigenvalue weighted by molar-refractivity contribution is -0.372. The van der Waals surface area contributed by atoms with E-state index in [1.165, 1.54) is 0 Å². The van der Waals surface area contributed by atoms with Crippen molar-refractivity contribution in [1.29, 1.82) is 0 Å². The van der Waals surface area contributed by atoms with Crippen LogP contribution in [0.5, 0.6) is 0 Å². The number of aliphatic hydroxyl groups excluding tert-OH is 11. The summed E-state index contributed by atoms with van der Waals surface area (Å²) in [6, 6.07) is 0. The lowest BCUT2D eigenvalue weighted by Gasteiger charge is -2.46. The predicted octanol–water partition coefficient (Wildman–Crippen LogP) is -7.73. The SMILES string of the molecule is O=CC(O[C@H]1O[C@H](CO)[C@@H](O)[C@H](O)[C@@H]1O[C@@H]1O[C@H](CO)[C@@H](O)[C@H](O)[C@@H]1O)C(O)C(O)C(O)CO. The van der Waals surface area contributed by atoms with Gasteiger partial charge in [0.1, 0.15) is 73.2 Å². The summed E-state index contributed by atoms with van der Waals surface area (Å²) in [5.41, 5.74) is 0. The van der Waals surface area contributed by atoms with Crippen LogP contribution in [0.1, 0.15) is 0 Å². The molecule has 200 valence electrons. The summed E-state index contributed by atoms with van der Waals surface area (Å²) in [6.07, 6.45) is -25.6. The lowest BCUT2D eigenvalue weighted by Crippen LogP contribution is -2.65. The monoisotopic (exact) mass is 504 g/mol. The summed E-state index contributed by atoms with van der Waals surface area (Å²) in [5, 5.41) is 108. The van der Waals surface area contributed by atoms with Gasteiger partial charge in [0, 0.05) is 0 Å². The number of aldehydes is 1. The predicted molar refractivity (Wildman–Crippen MR) is 102 cm³/mol. The molecule has 2 saturated heterocycles. The van der Waals surface area contributed by atoms with Crippen molar-refractivity contribution in [3.8, 4) is 0 Å². The first kappa shape index (κ1) is 29.3. The van der Waals surface area contributed by atoms with Crippen LogP contribution in [0.15, 0.2) is 0 Å². The Hall–Kier alpha value is -0.930. The van der Waals surface area contributed by atoms with Gasteiger partial charge in [-0.25, -0.2) is 0 Å². The summed E-state index contributed by atoms with van der Waals surface area (Å²) >= 11 is 0. The van der Waals surface area contributed by atoms with E-state index >= 15 is 0 Å². The molecule has 2 aliphatic heterocycles. The standard InChI is InChI=1S/C18H32O16/c19-1-5(23)9(24)10(25)6(2-20)32-18-16(14(29)12(27)8(4-22)33-18)34-17-15(30)13(28)11(26)7(3-21)31-17/h2,5-19,21-30H,1,3-4H2/t5?,6?,7-,8-,9?,10?,11-,12-,13+,14+,15+,16+,17+,18+/m1/s1. The quantitative estimate of drug-likeness (QED) is 0.117. The van der Waals surface area contributed by atoms with E-state index in [0.29, 0.717) is 0 Å². The van der Waals surface area contributed by atoms with E-state index in [9.17, 15) is 55.9 Å². The lowest BCUT2D eigenvalue weighted by atomic mass is 9.97. The first-order valence-corrected chi connectivity index (χ1v) is 10.4. The summed E-state index contributed by atoms with van der Waals surface area (Å²) in [4.78, 5) is 11.5. The molecule has 0 spiro atoms. The normalized spacial score (nSPS) is 42.6. The minimum absolute atomic E-state index is 0.00235. The van der Waals surface area contributed by atoms with E-state index in [4.69, 9.17) is 24.1 Å². The largest absolute Gasteiger partial charge is 0.394 e. The van der Waals surface area contributed by atoms with Crippen molar-refractivity contribution < 1.29 is 79.9 Å². The van der Waals surface area contributed by atoms with Gasteiger partial charge in [-0.05, 0) is 0 Å². The van der Waals surface area contributed by atoms with Gasteiger partial charge in [0.25, 0.3) is 0 Å². The van der Waals surface area contributed by atoms with Gasteiger partial charge in [-0.2, -0.15) is 0 Å². The van der Waals surface area contributed by atoms with Crippen molar-refractivity contribution in [1.82, 2.24) is 0 Å². The second-order valence-corrected chi connectivity index (χ2v) is 7.97. The van der Waals surface area contributed by atoms with E-state index in [0.717, 1.165) is 0 Å². The molecule has 0 radical (unpaired) electrons. The van der Waals surface area contributed by atoms with Gasteiger partial charge in [0.05, 0.1) is 19.8 Å². The minimum atomic E-state index is -2.12. The van der Waals surface area contributed by atoms with Crippen LogP contribution in [-0.4, -0.2) is 168 Å². The number of carbonyl (C=O) groups is 1. The van der Waals surface area contributed by atoms with Crippen LogP contribution in [-0.2, 0) is 23.7 Å². The molecule has 34 heavy (non-hydrogen) atoms. The van der Waals surface area contributed by atoms with Crippen molar-refractivity contribution in [3.63, 3.8) is 0 Å². The van der Waals surface area contributed by atoms with Crippen molar-refractivity contribution >= 4 is 6.29 Å². The summed E-state index contributed by atoms with van der Waals surface area (Å²) in [5.74, 6) is 0. The Morgan fingerprint density at radius 3 is 1.76 bits per heavy atom. The molecule has 0 aromatic rings. The highest BCUT2D eigenvalue weighted by atomic mass is 16.8. The van der Waals surface area contributed by atoms with E-state index in [2.05, 4.69) is 0 Å². The molecule has 0 bridgehead atoms. The van der Waals surface area contributed by atoms with Crippen LogP contribution >= 0.6 is 0 Å². The van der Waals surface area contributed by atoms with Crippen LogP contribution in [0, 0.1) is 0 Å². The molecule has 0 aliphatic carbocycles. The first-order chi connectivity index (χ1) is 16.0. The molecule has 2 aliphatic rings. The van der Waals surface area contributed by atoms with Gasteiger partial charge in [0.2, 0.25) is 0 Å². The molecule has 2 heterocycles. The molecular weight excluding hydrogens is 472 g/mol. The number of carbonyl (C=O) groups excluding carboxylic acids is 1. The molecule has 0 aromatic heterocycles. The number of hydrogen-bond acceptors (Lipinski definition) is 16. The highest BCUT2D eigenvalue weighted by Crippen LogP contribution is 2.30. The van der Waals surface area contributed by atoms with Crippen molar-refractivity contribution in [2.75, 3.05) is 19.8 Å². The zero-order chi connectivity index (χ0) is 25.7. The third kappa shape index (κ3) is 6.25. The highest BCUT2D eigenvalue weighted by Gasteiger charge is 2.51. The molecule has 11 N–H and O–H groups in total. The van der Waals surface area contributed by atoms with Crippen molar-refractivity contribution in [2.45, 2.75) is 85.8 Å². The maximum atomic E-state index is 11.5. The van der Waals surface area contributed by atoms with Gasteiger partial charge in [-0.15, -0.1) is 0 Å². The molecule has 4 unspecified atom stereocenters. The van der Waals surface area contributed by atoms with Gasteiger partial charge in [0.15, 0.2) is 18.9 Å². The molecule has 0 aromatic carbocycles. The molecule has 2 rings (SSSR count). The van der Waals surface area contributed by atoms with Gasteiger partial charge in [-0.3, -0.25) is 0 Å². The van der Waals surface area contributed by atoms with Crippen molar-refractivity contribution in [3.05, 3.63) is 0 Å². The van der Waals surface area contributed by atoms with Gasteiger partial charge >= 0.3 is 0 Å². The summed E-state index contributed by atoms with van der Waals surface area (Å²) in [6.45, 7) is -2.61. The fraction of sp³-hybridized carbons (Fsp3) is 0.944. The third-order valence-electron chi connectivity index (χ3n) is 5.66. The Morgan fingerprint density at radius 1 is 0.735 bits per heavy atom. The fourth-order valence-electron chi connectivity index (χ4n) is 3.52. The Bertz CT molecular complexity index is 623. The zero-order valence-corrected chi connectivity index (χ0v) is 17.7. The molecule has 16 heteroatoms. The molecule has 14 atom stereocenters. The average Bonchev–Trinajstić information content (AvgIpc) is 2.84. The second-order valence-electron chi connectivity index (χ2n) is 7.97. The van der Waals surface area contributed by atoms with Crippen LogP contribution in [0.3, 0.4) is 0 Å². The molecule has 16 nitrogen and oxygen atoms in total. The Labute approximate surface area is 192 Å². The fourth-order valence-corrected chi connectivity index (χ4v) is 3.52. The number of rotatable bonds is 11. The Morgan fingerprint density at radius 2 is 1.26 bits per heavy atom. The summed E-state index contributed by atoms with van der Waals surface area (Å²) in [7, 11) is 0. The zero-order valence-electron chi connectivity index (χ0n) is 17.7. The first-order valence-electron chi connectivity index (χ1n) is 10.4. The summed E-state index contributed by atoms with van der Waals surface area (Å²) < 4.78 is 21.1. The maximum absolute atomic E-state index is 11.5. The second kappa shape index (κ2) is 12.9. The van der Waals surface area contributed by atoms with Crippen LogP contribution < -0.4 is 0 Å². The van der Waals surface area contributed by atoms with Gasteiger partial charge < -0.3 is 79.9 Å². The van der Waals surface area contributed by atoms with E-state index in [1.54, 1.807) is 0 Å². The molecule has 0 saturated carbocycles. The Kier molecular flexibility index (Phi) is 11.1. The molecule has 2 fully saturated rings. The average molecular weight is 504 g/mol. The smallest absolute Gasteiger partial charge is 0.188 e. The molecular formula is C18H32O16. The number of ether oxygens (including phenoxy) is 4. The minimum Gasteiger partial charge on any atom is -0.394 e. The topological polar surface area (TPSA) is 277 Å². The van der Waals surface area contributed by atoms with Gasteiger partial charge in [-0.1, -0.05) is 0 Å². The Balaban J connectivity index is 2.26. The number of aliphatic hydroxyl groups is 11. The highest BCUT2D eigenvalue weighted by molar-refractivity contribution is 5.57. The van der Waals surface area contributed by atoms with E-state index in [1.807, 2.05) is 0 Å². The van der Waals surface area contributed by atoms with Crippen LogP contribution in [0.2, 0.25) is 0 Å². The van der Waals surface area contributed by atoms with Crippen LogP contribution in [0.4, 0.5) is 0 Å². The van der Waals surface area contributed by atoms with Crippen LogP contribution in [0.25, 0.3) is 0 Å². The van der Waals surface area contributed by atoms with E-state index < -0.39 is 106 Å². The third-order valence-corrected chi connectivity index (χ3v) is 5.66. The molecule has 0 amide bonds. The van der Waals surface area contributed by atoms with Crippen molar-refractivity contribution in [2.24, 2.45) is 0 Å². The van der Waals surface area contributed by atoms with E-state index in [-0.39, 0.29) is 6.29 Å².